The molecule has 0 heterocycles. The predicted molar refractivity (Wildman–Crippen MR) is 104 cm³/mol. The summed E-state index contributed by atoms with van der Waals surface area (Å²) in [5.74, 6) is -0.521. The van der Waals surface area contributed by atoms with Gasteiger partial charge in [0.25, 0.3) is 0 Å². The molecule has 1 rings (SSSR count). The van der Waals surface area contributed by atoms with E-state index in [2.05, 4.69) is 6.92 Å². The number of benzene rings is 1. The molecule has 1 aromatic rings. The lowest BCUT2D eigenvalue weighted by atomic mass is 10.1. The van der Waals surface area contributed by atoms with Crippen LogP contribution in [0.2, 0.25) is 0 Å². The van der Waals surface area contributed by atoms with Gasteiger partial charge >= 0.3 is 11.9 Å². The first kappa shape index (κ1) is 22.2. The number of carbonyl (C=O) groups is 2. The molecule has 0 spiro atoms. The summed E-state index contributed by atoms with van der Waals surface area (Å²) in [7, 11) is 0. The molecular weight excluding hydrogens is 328 g/mol. The van der Waals surface area contributed by atoms with Gasteiger partial charge in [0.2, 0.25) is 0 Å². The van der Waals surface area contributed by atoms with Crippen molar-refractivity contribution < 1.29 is 19.1 Å². The first-order chi connectivity index (χ1) is 12.7. The number of rotatable bonds is 14. The molecule has 1 aromatic carbocycles. The molecule has 26 heavy (non-hydrogen) atoms. The fraction of sp³-hybridized carbons (Fsp3) is 0.636. The third-order valence-corrected chi connectivity index (χ3v) is 4.35. The minimum Gasteiger partial charge on any atom is -0.462 e. The fourth-order valence-corrected chi connectivity index (χ4v) is 2.75. The number of hydrogen-bond donors (Lipinski definition) is 0. The molecule has 0 aromatic heterocycles. The van der Waals surface area contributed by atoms with E-state index in [1.165, 1.54) is 51.4 Å². The van der Waals surface area contributed by atoms with Crippen LogP contribution in [0.25, 0.3) is 0 Å². The molecule has 0 bridgehead atoms. The second-order valence-electron chi connectivity index (χ2n) is 6.64. The van der Waals surface area contributed by atoms with E-state index >= 15 is 0 Å². The van der Waals surface area contributed by atoms with Gasteiger partial charge < -0.3 is 9.47 Å². The SMILES string of the molecule is CCCCCCCCCCCCOC(=O)c1ccccc1OC(=O)CC. The number of unbranched alkanes of at least 4 members (excludes halogenated alkanes) is 9. The van der Waals surface area contributed by atoms with Crippen molar-refractivity contribution in [2.24, 2.45) is 0 Å². The van der Waals surface area contributed by atoms with Crippen molar-refractivity contribution in [3.63, 3.8) is 0 Å². The standard InChI is InChI=1S/C22H34O4/c1-3-5-6-7-8-9-10-11-12-15-18-25-22(24)19-16-13-14-17-20(19)26-21(23)4-2/h13-14,16-17H,3-12,15,18H2,1-2H3. The first-order valence-electron chi connectivity index (χ1n) is 10.2. The van der Waals surface area contributed by atoms with Crippen LogP contribution < -0.4 is 4.74 Å². The molecule has 0 N–H and O–H groups in total. The maximum absolute atomic E-state index is 12.2. The van der Waals surface area contributed by atoms with Crippen molar-refractivity contribution in [2.75, 3.05) is 6.61 Å². The topological polar surface area (TPSA) is 52.6 Å². The summed E-state index contributed by atoms with van der Waals surface area (Å²) in [4.78, 5) is 23.6. The Kier molecular flexibility index (Phi) is 12.2. The summed E-state index contributed by atoms with van der Waals surface area (Å²) in [6.45, 7) is 4.36. The number of para-hydroxylation sites is 1. The number of carbonyl (C=O) groups excluding carboxylic acids is 2. The van der Waals surface area contributed by atoms with E-state index in [-0.39, 0.29) is 18.1 Å². The quantitative estimate of drug-likeness (QED) is 0.229. The van der Waals surface area contributed by atoms with Crippen LogP contribution in [-0.4, -0.2) is 18.5 Å². The van der Waals surface area contributed by atoms with E-state index < -0.39 is 5.97 Å². The number of esters is 2. The van der Waals surface area contributed by atoms with Gasteiger partial charge in [0.15, 0.2) is 0 Å². The van der Waals surface area contributed by atoms with E-state index in [1.54, 1.807) is 31.2 Å². The lowest BCUT2D eigenvalue weighted by Crippen LogP contribution is -2.12. The van der Waals surface area contributed by atoms with E-state index in [0.717, 1.165) is 12.8 Å². The van der Waals surface area contributed by atoms with Crippen molar-refractivity contribution in [1.82, 2.24) is 0 Å². The Morgan fingerprint density at radius 1 is 0.808 bits per heavy atom. The van der Waals surface area contributed by atoms with Gasteiger partial charge in [-0.1, -0.05) is 83.8 Å². The van der Waals surface area contributed by atoms with Gasteiger partial charge in [-0.3, -0.25) is 4.79 Å². The Bertz CT molecular complexity index is 525. The molecule has 0 unspecified atom stereocenters. The lowest BCUT2D eigenvalue weighted by Gasteiger charge is -2.09. The second kappa shape index (κ2) is 14.3. The highest BCUT2D eigenvalue weighted by Gasteiger charge is 2.15. The highest BCUT2D eigenvalue weighted by atomic mass is 16.5. The molecule has 0 radical (unpaired) electrons. The van der Waals surface area contributed by atoms with Crippen LogP contribution in [0.15, 0.2) is 24.3 Å². The first-order valence-corrected chi connectivity index (χ1v) is 10.2. The van der Waals surface area contributed by atoms with Gasteiger partial charge in [0.05, 0.1) is 6.61 Å². The van der Waals surface area contributed by atoms with Crippen LogP contribution in [0, 0.1) is 0 Å². The zero-order chi connectivity index (χ0) is 19.0. The van der Waals surface area contributed by atoms with E-state index in [0.29, 0.717) is 12.2 Å². The third kappa shape index (κ3) is 9.59. The summed E-state index contributed by atoms with van der Waals surface area (Å²) in [6, 6.07) is 6.71. The molecule has 0 aliphatic heterocycles. The highest BCUT2D eigenvalue weighted by molar-refractivity contribution is 5.93. The summed E-state index contributed by atoms with van der Waals surface area (Å²) in [5, 5.41) is 0. The molecule has 0 fully saturated rings. The van der Waals surface area contributed by atoms with Crippen LogP contribution >= 0.6 is 0 Å². The smallest absolute Gasteiger partial charge is 0.341 e. The Hall–Kier alpha value is -1.84. The summed E-state index contributed by atoms with van der Waals surface area (Å²) in [5.41, 5.74) is 0.307. The normalized spacial score (nSPS) is 10.5. The molecule has 4 nitrogen and oxygen atoms in total. The van der Waals surface area contributed by atoms with Crippen molar-refractivity contribution >= 4 is 11.9 Å². The van der Waals surface area contributed by atoms with Gasteiger partial charge in [-0.2, -0.15) is 0 Å². The summed E-state index contributed by atoms with van der Waals surface area (Å²) in [6.07, 6.45) is 12.7. The van der Waals surface area contributed by atoms with Crippen LogP contribution in [0.3, 0.4) is 0 Å². The average molecular weight is 363 g/mol. The van der Waals surface area contributed by atoms with Crippen molar-refractivity contribution in [1.29, 1.82) is 0 Å². The van der Waals surface area contributed by atoms with Crippen molar-refractivity contribution in [3.05, 3.63) is 29.8 Å². The molecule has 0 amide bonds. The van der Waals surface area contributed by atoms with Gasteiger partial charge in [0.1, 0.15) is 11.3 Å². The van der Waals surface area contributed by atoms with E-state index in [4.69, 9.17) is 9.47 Å². The molecule has 0 aliphatic rings. The Balaban J connectivity index is 2.16. The fourth-order valence-electron chi connectivity index (χ4n) is 2.75. The molecule has 0 saturated carbocycles. The van der Waals surface area contributed by atoms with Crippen molar-refractivity contribution in [2.45, 2.75) is 84.5 Å². The minimum absolute atomic E-state index is 0.266. The Labute approximate surface area is 158 Å². The Morgan fingerprint density at radius 3 is 2.00 bits per heavy atom. The van der Waals surface area contributed by atoms with Gasteiger partial charge in [-0.05, 0) is 18.6 Å². The third-order valence-electron chi connectivity index (χ3n) is 4.35. The van der Waals surface area contributed by atoms with Crippen LogP contribution in [0.5, 0.6) is 5.75 Å². The minimum atomic E-state index is -0.430. The molecule has 146 valence electrons. The summed E-state index contributed by atoms with van der Waals surface area (Å²) >= 11 is 0. The zero-order valence-electron chi connectivity index (χ0n) is 16.4. The van der Waals surface area contributed by atoms with Crippen LogP contribution in [-0.2, 0) is 9.53 Å². The van der Waals surface area contributed by atoms with Crippen molar-refractivity contribution in [3.8, 4) is 5.75 Å². The summed E-state index contributed by atoms with van der Waals surface area (Å²) < 4.78 is 10.5. The second-order valence-corrected chi connectivity index (χ2v) is 6.64. The van der Waals surface area contributed by atoms with Gasteiger partial charge in [-0.15, -0.1) is 0 Å². The predicted octanol–water partition coefficient (Wildman–Crippen LogP) is 6.08. The number of hydrogen-bond acceptors (Lipinski definition) is 4. The zero-order valence-corrected chi connectivity index (χ0v) is 16.4. The van der Waals surface area contributed by atoms with Crippen LogP contribution in [0.1, 0.15) is 94.8 Å². The van der Waals surface area contributed by atoms with E-state index in [1.807, 2.05) is 0 Å². The lowest BCUT2D eigenvalue weighted by molar-refractivity contribution is -0.134. The number of ether oxygens (including phenoxy) is 2. The Morgan fingerprint density at radius 2 is 1.38 bits per heavy atom. The van der Waals surface area contributed by atoms with Gasteiger partial charge in [0, 0.05) is 6.42 Å². The monoisotopic (exact) mass is 362 g/mol. The molecule has 4 heteroatoms. The molecular formula is C22H34O4. The largest absolute Gasteiger partial charge is 0.462 e. The molecule has 0 atom stereocenters. The maximum atomic E-state index is 12.2. The average Bonchev–Trinajstić information content (AvgIpc) is 2.66. The highest BCUT2D eigenvalue weighted by Crippen LogP contribution is 2.20. The van der Waals surface area contributed by atoms with Gasteiger partial charge in [-0.25, -0.2) is 4.79 Å². The van der Waals surface area contributed by atoms with Crippen LogP contribution in [0.4, 0.5) is 0 Å². The maximum Gasteiger partial charge on any atom is 0.341 e. The molecule has 0 saturated heterocycles. The molecule has 0 aliphatic carbocycles. The van der Waals surface area contributed by atoms with E-state index in [9.17, 15) is 9.59 Å².